The quantitative estimate of drug-likeness (QED) is 0.846. The molecule has 0 aliphatic carbocycles. The number of nitrogens with zero attached hydrogens (tertiary/aromatic N) is 4. The van der Waals surface area contributed by atoms with Crippen LogP contribution in [0.1, 0.15) is 32.9 Å². The van der Waals surface area contributed by atoms with Crippen molar-refractivity contribution in [2.75, 3.05) is 44.2 Å². The van der Waals surface area contributed by atoms with Crippen LogP contribution in [0.4, 0.5) is 5.82 Å². The Morgan fingerprint density at radius 3 is 2.43 bits per heavy atom. The molecule has 8 heteroatoms. The Kier molecular flexibility index (Phi) is 5.59. The number of thiophene rings is 1. The monoisotopic (exact) mass is 399 g/mol. The lowest BCUT2D eigenvalue weighted by Gasteiger charge is -2.43. The van der Waals surface area contributed by atoms with E-state index in [0.29, 0.717) is 17.4 Å². The van der Waals surface area contributed by atoms with Gasteiger partial charge < -0.3 is 15.5 Å². The van der Waals surface area contributed by atoms with Gasteiger partial charge in [-0.2, -0.15) is 0 Å². The van der Waals surface area contributed by atoms with E-state index in [-0.39, 0.29) is 5.91 Å². The van der Waals surface area contributed by atoms with Crippen LogP contribution in [0, 0.1) is 0 Å². The molecular formula is C20H25N5O2S. The maximum atomic E-state index is 12.5. The minimum absolute atomic E-state index is 0.160. The second-order valence-electron chi connectivity index (χ2n) is 7.26. The van der Waals surface area contributed by atoms with Gasteiger partial charge in [0.15, 0.2) is 0 Å². The summed E-state index contributed by atoms with van der Waals surface area (Å²) in [5, 5.41) is 1.95. The van der Waals surface area contributed by atoms with Crippen LogP contribution in [0.25, 0.3) is 0 Å². The third kappa shape index (κ3) is 3.88. The Morgan fingerprint density at radius 2 is 1.79 bits per heavy atom. The van der Waals surface area contributed by atoms with Crippen LogP contribution < -0.4 is 10.6 Å². The molecule has 0 saturated carbocycles. The van der Waals surface area contributed by atoms with E-state index in [0.717, 1.165) is 57.0 Å². The summed E-state index contributed by atoms with van der Waals surface area (Å²) in [6.45, 7) is 5.13. The van der Waals surface area contributed by atoms with Gasteiger partial charge in [0, 0.05) is 51.5 Å². The van der Waals surface area contributed by atoms with Gasteiger partial charge in [-0.05, 0) is 36.4 Å². The fourth-order valence-corrected chi connectivity index (χ4v) is 4.82. The number of nitrogens with two attached hydrogens (primary N) is 1. The first-order valence-corrected chi connectivity index (χ1v) is 10.6. The fourth-order valence-electron chi connectivity index (χ4n) is 4.13. The zero-order chi connectivity index (χ0) is 19.5. The Hall–Kier alpha value is -2.45. The van der Waals surface area contributed by atoms with E-state index in [1.54, 1.807) is 18.3 Å². The minimum atomic E-state index is -0.437. The molecule has 2 N–H and O–H groups in total. The fraction of sp³-hybridized carbons (Fsp3) is 0.450. The van der Waals surface area contributed by atoms with Gasteiger partial charge in [-0.3, -0.25) is 14.5 Å². The summed E-state index contributed by atoms with van der Waals surface area (Å²) in [5.74, 6) is 0.409. The van der Waals surface area contributed by atoms with Crippen LogP contribution in [-0.4, -0.2) is 71.9 Å². The molecule has 148 valence electrons. The van der Waals surface area contributed by atoms with Gasteiger partial charge in [0.05, 0.1) is 10.4 Å². The number of pyridine rings is 1. The first-order valence-electron chi connectivity index (χ1n) is 9.70. The molecule has 2 saturated heterocycles. The first kappa shape index (κ1) is 18.9. The lowest BCUT2D eigenvalue weighted by atomic mass is 10.0. The van der Waals surface area contributed by atoms with Gasteiger partial charge >= 0.3 is 0 Å². The summed E-state index contributed by atoms with van der Waals surface area (Å²) in [4.78, 5) is 36.0. The zero-order valence-electron chi connectivity index (χ0n) is 15.8. The number of primary amides is 1. The molecule has 2 aromatic rings. The number of likely N-dealkylation sites (tertiary alicyclic amines) is 1. The number of amides is 2. The molecule has 0 unspecified atom stereocenters. The average molecular weight is 400 g/mol. The van der Waals surface area contributed by atoms with Crippen LogP contribution >= 0.6 is 11.3 Å². The number of hydrogen-bond donors (Lipinski definition) is 1. The summed E-state index contributed by atoms with van der Waals surface area (Å²) in [7, 11) is 0. The summed E-state index contributed by atoms with van der Waals surface area (Å²) in [6, 6.07) is 7.81. The highest BCUT2D eigenvalue weighted by Crippen LogP contribution is 2.23. The van der Waals surface area contributed by atoms with E-state index in [1.165, 1.54) is 11.3 Å². The lowest BCUT2D eigenvalue weighted by Crippen LogP contribution is -2.54. The maximum absolute atomic E-state index is 12.5. The van der Waals surface area contributed by atoms with Crippen molar-refractivity contribution in [1.29, 1.82) is 0 Å². The molecule has 2 aromatic heterocycles. The number of hydrogen-bond acceptors (Lipinski definition) is 6. The van der Waals surface area contributed by atoms with Crippen molar-refractivity contribution in [3.8, 4) is 0 Å². The third-order valence-corrected chi connectivity index (χ3v) is 6.52. The molecule has 7 nitrogen and oxygen atoms in total. The van der Waals surface area contributed by atoms with Crippen molar-refractivity contribution in [2.45, 2.75) is 18.9 Å². The Bertz CT molecular complexity index is 825. The van der Waals surface area contributed by atoms with Crippen LogP contribution in [0.5, 0.6) is 0 Å². The Labute approximate surface area is 168 Å². The Morgan fingerprint density at radius 1 is 1.04 bits per heavy atom. The number of anilines is 1. The smallest absolute Gasteiger partial charge is 0.263 e. The predicted molar refractivity (Wildman–Crippen MR) is 110 cm³/mol. The molecule has 2 aliphatic heterocycles. The van der Waals surface area contributed by atoms with Gasteiger partial charge in [0.2, 0.25) is 0 Å². The SMILES string of the molecule is NC(=O)c1cccnc1N1CCN(C2CCN(C(=O)c3cccs3)CC2)CC1. The molecule has 2 fully saturated rings. The number of carbonyl (C=O) groups excluding carboxylic acids is 2. The number of carbonyl (C=O) groups is 2. The topological polar surface area (TPSA) is 82.8 Å². The largest absolute Gasteiger partial charge is 0.365 e. The average Bonchev–Trinajstić information content (AvgIpc) is 3.28. The highest BCUT2D eigenvalue weighted by Gasteiger charge is 2.30. The number of rotatable bonds is 4. The summed E-state index contributed by atoms with van der Waals surface area (Å²) in [5.41, 5.74) is 5.97. The van der Waals surface area contributed by atoms with E-state index in [4.69, 9.17) is 5.73 Å². The number of piperidine rings is 1. The minimum Gasteiger partial charge on any atom is -0.365 e. The van der Waals surface area contributed by atoms with Crippen LogP contribution in [0.15, 0.2) is 35.8 Å². The van der Waals surface area contributed by atoms with Gasteiger partial charge in [-0.1, -0.05) is 6.07 Å². The summed E-state index contributed by atoms with van der Waals surface area (Å²) < 4.78 is 0. The molecule has 4 rings (SSSR count). The van der Waals surface area contributed by atoms with Crippen molar-refractivity contribution in [1.82, 2.24) is 14.8 Å². The summed E-state index contributed by atoms with van der Waals surface area (Å²) in [6.07, 6.45) is 3.72. The standard InChI is InChI=1S/C20H25N5O2S/c21-18(26)16-3-1-7-22-19(16)24-12-10-23(11-13-24)15-5-8-25(9-6-15)20(27)17-4-2-14-28-17/h1-4,7,14-15H,5-6,8-13H2,(H2,21,26). The van der Waals surface area contributed by atoms with Crippen molar-refractivity contribution in [2.24, 2.45) is 5.73 Å². The molecule has 0 spiro atoms. The van der Waals surface area contributed by atoms with Crippen molar-refractivity contribution >= 4 is 29.0 Å². The molecule has 4 heterocycles. The van der Waals surface area contributed by atoms with Crippen LogP contribution in [0.2, 0.25) is 0 Å². The molecule has 0 bridgehead atoms. The lowest BCUT2D eigenvalue weighted by molar-refractivity contribution is 0.0615. The molecule has 0 aromatic carbocycles. The Balaban J connectivity index is 1.31. The van der Waals surface area contributed by atoms with Crippen molar-refractivity contribution in [3.63, 3.8) is 0 Å². The van der Waals surface area contributed by atoms with E-state index >= 15 is 0 Å². The van der Waals surface area contributed by atoms with Gasteiger partial charge in [-0.25, -0.2) is 4.98 Å². The van der Waals surface area contributed by atoms with Gasteiger partial charge in [-0.15, -0.1) is 11.3 Å². The molecule has 0 radical (unpaired) electrons. The van der Waals surface area contributed by atoms with E-state index < -0.39 is 5.91 Å². The molecule has 28 heavy (non-hydrogen) atoms. The van der Waals surface area contributed by atoms with E-state index in [2.05, 4.69) is 14.8 Å². The highest BCUT2D eigenvalue weighted by molar-refractivity contribution is 7.12. The second kappa shape index (κ2) is 8.28. The highest BCUT2D eigenvalue weighted by atomic mass is 32.1. The number of aromatic nitrogens is 1. The second-order valence-corrected chi connectivity index (χ2v) is 8.21. The molecule has 2 aliphatic rings. The van der Waals surface area contributed by atoms with Gasteiger partial charge in [0.1, 0.15) is 5.82 Å². The van der Waals surface area contributed by atoms with Crippen molar-refractivity contribution < 1.29 is 9.59 Å². The van der Waals surface area contributed by atoms with Gasteiger partial charge in [0.25, 0.3) is 11.8 Å². The van der Waals surface area contributed by atoms with Crippen LogP contribution in [0.3, 0.4) is 0 Å². The number of piperazine rings is 1. The molecule has 0 atom stereocenters. The molecule has 2 amide bonds. The van der Waals surface area contributed by atoms with E-state index in [1.807, 2.05) is 22.4 Å². The van der Waals surface area contributed by atoms with Crippen molar-refractivity contribution in [3.05, 3.63) is 46.3 Å². The van der Waals surface area contributed by atoms with Crippen LogP contribution in [-0.2, 0) is 0 Å². The first-order chi connectivity index (χ1) is 13.6. The zero-order valence-corrected chi connectivity index (χ0v) is 16.6. The normalized spacial score (nSPS) is 19.0. The third-order valence-electron chi connectivity index (χ3n) is 5.67. The predicted octanol–water partition coefficient (Wildman–Crippen LogP) is 1.67. The van der Waals surface area contributed by atoms with E-state index in [9.17, 15) is 9.59 Å². The summed E-state index contributed by atoms with van der Waals surface area (Å²) >= 11 is 1.51. The maximum Gasteiger partial charge on any atom is 0.263 e. The molecular weight excluding hydrogens is 374 g/mol.